The van der Waals surface area contributed by atoms with Crippen molar-refractivity contribution in [1.29, 1.82) is 0 Å². The second-order valence-corrected chi connectivity index (χ2v) is 6.45. The van der Waals surface area contributed by atoms with Gasteiger partial charge in [0.15, 0.2) is 5.78 Å². The highest BCUT2D eigenvalue weighted by Crippen LogP contribution is 2.15. The van der Waals surface area contributed by atoms with E-state index in [9.17, 15) is 9.59 Å². The number of benzene rings is 2. The Labute approximate surface area is 145 Å². The van der Waals surface area contributed by atoms with E-state index in [-0.39, 0.29) is 17.6 Å². The second kappa shape index (κ2) is 7.62. The molecule has 0 radical (unpaired) electrons. The Bertz CT molecular complexity index is 694. The van der Waals surface area contributed by atoms with Crippen LogP contribution in [0.1, 0.15) is 34.6 Å². The Hall–Kier alpha value is -1.84. The molecule has 1 N–H and O–H groups in total. The molecule has 0 spiro atoms. The average Bonchev–Trinajstić information content (AvgIpc) is 2.53. The van der Waals surface area contributed by atoms with Crippen LogP contribution in [-0.2, 0) is 0 Å². The van der Waals surface area contributed by atoms with Crippen LogP contribution in [0.5, 0.6) is 0 Å². The van der Waals surface area contributed by atoms with Gasteiger partial charge in [0.2, 0.25) is 0 Å². The zero-order valence-electron chi connectivity index (χ0n) is 12.8. The van der Waals surface area contributed by atoms with E-state index in [0.29, 0.717) is 21.2 Å². The monoisotopic (exact) mass is 349 g/mol. The molecule has 0 bridgehead atoms. The van der Waals surface area contributed by atoms with Crippen LogP contribution in [-0.4, -0.2) is 17.7 Å². The minimum atomic E-state index is -0.612. The maximum atomic E-state index is 12.6. The molecule has 2 rings (SSSR count). The van der Waals surface area contributed by atoms with Gasteiger partial charge < -0.3 is 5.32 Å². The van der Waals surface area contributed by atoms with Crippen LogP contribution in [0.3, 0.4) is 0 Å². The van der Waals surface area contributed by atoms with Gasteiger partial charge in [0.25, 0.3) is 5.91 Å². The molecule has 23 heavy (non-hydrogen) atoms. The number of hydrogen-bond acceptors (Lipinski definition) is 2. The van der Waals surface area contributed by atoms with Gasteiger partial charge in [0, 0.05) is 21.2 Å². The van der Waals surface area contributed by atoms with Crippen molar-refractivity contribution in [1.82, 2.24) is 5.32 Å². The second-order valence-electron chi connectivity index (χ2n) is 5.57. The lowest BCUT2D eigenvalue weighted by molar-refractivity contribution is 0.0831. The summed E-state index contributed by atoms with van der Waals surface area (Å²) >= 11 is 11.7. The van der Waals surface area contributed by atoms with E-state index >= 15 is 0 Å². The van der Waals surface area contributed by atoms with Crippen molar-refractivity contribution in [3.05, 3.63) is 69.7 Å². The van der Waals surface area contributed by atoms with Crippen LogP contribution in [0.4, 0.5) is 0 Å². The smallest absolute Gasteiger partial charge is 0.251 e. The molecule has 1 unspecified atom stereocenters. The van der Waals surface area contributed by atoms with Gasteiger partial charge in [0.1, 0.15) is 0 Å². The zero-order chi connectivity index (χ0) is 17.0. The van der Waals surface area contributed by atoms with Crippen LogP contribution in [0.15, 0.2) is 48.5 Å². The van der Waals surface area contributed by atoms with Gasteiger partial charge in [-0.3, -0.25) is 9.59 Å². The minimum Gasteiger partial charge on any atom is -0.342 e. The molecule has 2 aromatic carbocycles. The molecule has 1 amide bonds. The molecule has 0 aromatic heterocycles. The van der Waals surface area contributed by atoms with Gasteiger partial charge in [-0.15, -0.1) is 0 Å². The molecule has 0 aliphatic heterocycles. The van der Waals surface area contributed by atoms with Crippen LogP contribution in [0, 0.1) is 5.92 Å². The Morgan fingerprint density at radius 1 is 0.826 bits per heavy atom. The fourth-order valence-corrected chi connectivity index (χ4v) is 2.41. The summed E-state index contributed by atoms with van der Waals surface area (Å²) < 4.78 is 0. The summed E-state index contributed by atoms with van der Waals surface area (Å²) in [7, 11) is 0. The summed E-state index contributed by atoms with van der Waals surface area (Å²) in [6.45, 7) is 3.78. The number of halogens is 2. The number of hydrogen-bond donors (Lipinski definition) is 1. The Morgan fingerprint density at radius 2 is 1.26 bits per heavy atom. The van der Waals surface area contributed by atoms with Gasteiger partial charge in [-0.2, -0.15) is 0 Å². The van der Waals surface area contributed by atoms with Crippen molar-refractivity contribution < 1.29 is 9.59 Å². The molecule has 0 saturated carbocycles. The van der Waals surface area contributed by atoms with E-state index in [0.717, 1.165) is 0 Å². The molecule has 0 heterocycles. The predicted molar refractivity (Wildman–Crippen MR) is 93.3 cm³/mol. The van der Waals surface area contributed by atoms with Crippen LogP contribution < -0.4 is 5.32 Å². The third-order valence-corrected chi connectivity index (χ3v) is 3.97. The first-order chi connectivity index (χ1) is 10.9. The topological polar surface area (TPSA) is 46.2 Å². The summed E-state index contributed by atoms with van der Waals surface area (Å²) in [5, 5.41) is 3.92. The first-order valence-corrected chi connectivity index (χ1v) is 8.00. The van der Waals surface area contributed by atoms with Crippen molar-refractivity contribution in [3.8, 4) is 0 Å². The maximum Gasteiger partial charge on any atom is 0.251 e. The Balaban J connectivity index is 2.18. The van der Waals surface area contributed by atoms with Gasteiger partial charge >= 0.3 is 0 Å². The van der Waals surface area contributed by atoms with E-state index < -0.39 is 6.04 Å². The summed E-state index contributed by atoms with van der Waals surface area (Å²) in [6, 6.07) is 12.6. The zero-order valence-corrected chi connectivity index (χ0v) is 14.4. The molecule has 0 fully saturated rings. The van der Waals surface area contributed by atoms with Gasteiger partial charge in [0.05, 0.1) is 6.04 Å². The molecule has 3 nitrogen and oxygen atoms in total. The molecular formula is C18H17Cl2NO2. The maximum absolute atomic E-state index is 12.6. The number of nitrogens with one attached hydrogen (secondary N) is 1. The van der Waals surface area contributed by atoms with E-state index in [2.05, 4.69) is 5.32 Å². The third kappa shape index (κ3) is 4.57. The average molecular weight is 350 g/mol. The number of Topliss-reactive ketones (excluding diaryl/α,β-unsaturated/α-hetero) is 1. The van der Waals surface area contributed by atoms with E-state index in [4.69, 9.17) is 23.2 Å². The van der Waals surface area contributed by atoms with E-state index in [1.807, 2.05) is 13.8 Å². The van der Waals surface area contributed by atoms with Crippen molar-refractivity contribution in [2.45, 2.75) is 19.9 Å². The van der Waals surface area contributed by atoms with Crippen molar-refractivity contribution in [3.63, 3.8) is 0 Å². The van der Waals surface area contributed by atoms with Crippen LogP contribution in [0.2, 0.25) is 10.0 Å². The van der Waals surface area contributed by atoms with Gasteiger partial charge in [-0.25, -0.2) is 0 Å². The molecule has 2 aromatic rings. The first-order valence-electron chi connectivity index (χ1n) is 7.24. The molecule has 0 aliphatic carbocycles. The predicted octanol–water partition coefficient (Wildman–Crippen LogP) is 4.63. The Morgan fingerprint density at radius 3 is 1.70 bits per heavy atom. The fraction of sp³-hybridized carbons (Fsp3) is 0.222. The lowest BCUT2D eigenvalue weighted by Crippen LogP contribution is -2.44. The molecule has 0 saturated heterocycles. The van der Waals surface area contributed by atoms with Crippen molar-refractivity contribution in [2.75, 3.05) is 0 Å². The number of rotatable bonds is 5. The minimum absolute atomic E-state index is 0.0468. The summed E-state index contributed by atoms with van der Waals surface area (Å²) in [4.78, 5) is 25.0. The lowest BCUT2D eigenvalue weighted by Gasteiger charge is -2.21. The van der Waals surface area contributed by atoms with E-state index in [1.165, 1.54) is 0 Å². The van der Waals surface area contributed by atoms with Gasteiger partial charge in [-0.1, -0.05) is 37.0 Å². The molecule has 1 atom stereocenters. The summed E-state index contributed by atoms with van der Waals surface area (Å²) in [5.74, 6) is -0.490. The first kappa shape index (κ1) is 17.5. The summed E-state index contributed by atoms with van der Waals surface area (Å²) in [5.41, 5.74) is 0.980. The van der Waals surface area contributed by atoms with Gasteiger partial charge in [-0.05, 0) is 54.4 Å². The fourth-order valence-electron chi connectivity index (χ4n) is 2.15. The quantitative estimate of drug-likeness (QED) is 0.799. The Kier molecular flexibility index (Phi) is 5.80. The molecular weight excluding hydrogens is 333 g/mol. The number of carbonyl (C=O) groups is 2. The molecule has 5 heteroatoms. The molecule has 0 aliphatic rings. The molecule has 120 valence electrons. The highest BCUT2D eigenvalue weighted by Gasteiger charge is 2.25. The standard InChI is InChI=1S/C18H17Cl2NO2/c1-11(2)16(17(22)12-3-7-14(19)8-4-12)21-18(23)13-5-9-15(20)10-6-13/h3-11,16H,1-2H3,(H,21,23). The third-order valence-electron chi connectivity index (χ3n) is 3.47. The highest BCUT2D eigenvalue weighted by atomic mass is 35.5. The lowest BCUT2D eigenvalue weighted by atomic mass is 9.94. The largest absolute Gasteiger partial charge is 0.342 e. The SMILES string of the molecule is CC(C)C(NC(=O)c1ccc(Cl)cc1)C(=O)c1ccc(Cl)cc1. The van der Waals surface area contributed by atoms with E-state index in [1.54, 1.807) is 48.5 Å². The number of ketones is 1. The van der Waals surface area contributed by atoms with Crippen molar-refractivity contribution >= 4 is 34.9 Å². The number of carbonyl (C=O) groups excluding carboxylic acids is 2. The highest BCUT2D eigenvalue weighted by molar-refractivity contribution is 6.31. The normalized spacial score (nSPS) is 12.0. The summed E-state index contributed by atoms with van der Waals surface area (Å²) in [6.07, 6.45) is 0. The van der Waals surface area contributed by atoms with Crippen LogP contribution >= 0.6 is 23.2 Å². The van der Waals surface area contributed by atoms with Crippen LogP contribution in [0.25, 0.3) is 0 Å². The number of amides is 1. The van der Waals surface area contributed by atoms with Crippen molar-refractivity contribution in [2.24, 2.45) is 5.92 Å².